The molecule has 0 heterocycles. The number of rotatable bonds is 6. The smallest absolute Gasteiger partial charge is 0.265 e. The van der Waals surface area contributed by atoms with Crippen molar-refractivity contribution in [1.82, 2.24) is 0 Å². The van der Waals surface area contributed by atoms with Crippen LogP contribution in [0.2, 0.25) is 0 Å². The zero-order valence-corrected chi connectivity index (χ0v) is 9.98. The van der Waals surface area contributed by atoms with Crippen molar-refractivity contribution >= 4 is 10.1 Å². The fraction of sp³-hybridized carbons (Fsp3) is 0.455. The van der Waals surface area contributed by atoms with E-state index in [1.165, 1.54) is 0 Å². The van der Waals surface area contributed by atoms with E-state index in [2.05, 4.69) is 0 Å². The summed E-state index contributed by atoms with van der Waals surface area (Å²) in [4.78, 5) is 0. The molecule has 0 fully saturated rings. The van der Waals surface area contributed by atoms with Crippen LogP contribution in [-0.2, 0) is 21.5 Å². The van der Waals surface area contributed by atoms with Crippen LogP contribution >= 0.6 is 0 Å². The van der Waals surface area contributed by atoms with Crippen LogP contribution in [-0.4, -0.2) is 25.3 Å². The third kappa shape index (κ3) is 5.85. The first-order valence-electron chi connectivity index (χ1n) is 5.04. The van der Waals surface area contributed by atoms with E-state index in [1.807, 2.05) is 30.3 Å². The largest absolute Gasteiger partial charge is 0.376 e. The van der Waals surface area contributed by atoms with Gasteiger partial charge in [-0.2, -0.15) is 8.42 Å². The molecule has 0 amide bonds. The lowest BCUT2D eigenvalue weighted by atomic mass is 10.2. The van der Waals surface area contributed by atoms with Crippen LogP contribution in [0.15, 0.2) is 30.3 Å². The van der Waals surface area contributed by atoms with E-state index in [4.69, 9.17) is 9.29 Å². The van der Waals surface area contributed by atoms with Crippen LogP contribution in [0.5, 0.6) is 0 Å². The molecular weight excluding hydrogens is 228 g/mol. The van der Waals surface area contributed by atoms with Crippen LogP contribution in [0.3, 0.4) is 0 Å². The molecule has 4 nitrogen and oxygen atoms in total. The predicted octanol–water partition coefficient (Wildman–Crippen LogP) is 1.73. The van der Waals surface area contributed by atoms with Crippen molar-refractivity contribution in [2.24, 2.45) is 5.92 Å². The summed E-state index contributed by atoms with van der Waals surface area (Å²) in [5, 5.41) is 0. The second kappa shape index (κ2) is 5.98. The summed E-state index contributed by atoms with van der Waals surface area (Å²) in [7, 11) is -3.90. The summed E-state index contributed by atoms with van der Waals surface area (Å²) in [5.41, 5.74) is 1.04. The Morgan fingerprint density at radius 2 is 1.94 bits per heavy atom. The maximum Gasteiger partial charge on any atom is 0.265 e. The molecule has 16 heavy (non-hydrogen) atoms. The van der Waals surface area contributed by atoms with Gasteiger partial charge in [0.25, 0.3) is 10.1 Å². The Balaban J connectivity index is 2.26. The number of hydrogen-bond donors (Lipinski definition) is 1. The second-order valence-electron chi connectivity index (χ2n) is 3.85. The molecule has 0 radical (unpaired) electrons. The summed E-state index contributed by atoms with van der Waals surface area (Å²) < 4.78 is 35.1. The normalized spacial score (nSPS) is 13.6. The lowest BCUT2D eigenvalue weighted by molar-refractivity contribution is 0.0973. The molecule has 0 bridgehead atoms. The number of benzene rings is 1. The van der Waals surface area contributed by atoms with Gasteiger partial charge in [0, 0.05) is 0 Å². The highest BCUT2D eigenvalue weighted by Gasteiger charge is 2.12. The highest BCUT2D eigenvalue weighted by Crippen LogP contribution is 2.04. The van der Waals surface area contributed by atoms with Gasteiger partial charge in [0.05, 0.1) is 19.0 Å². The molecule has 0 aliphatic rings. The van der Waals surface area contributed by atoms with Gasteiger partial charge in [-0.25, -0.2) is 0 Å². The molecule has 0 aromatic heterocycles. The summed E-state index contributed by atoms with van der Waals surface area (Å²) >= 11 is 0. The van der Waals surface area contributed by atoms with E-state index in [1.54, 1.807) is 6.92 Å². The van der Waals surface area contributed by atoms with E-state index < -0.39 is 10.1 Å². The fourth-order valence-electron chi connectivity index (χ4n) is 1.36. The molecule has 5 heteroatoms. The average Bonchev–Trinajstić information content (AvgIpc) is 2.16. The predicted molar refractivity (Wildman–Crippen MR) is 61.7 cm³/mol. The van der Waals surface area contributed by atoms with E-state index in [0.29, 0.717) is 13.2 Å². The highest BCUT2D eigenvalue weighted by atomic mass is 32.2. The third-order valence-electron chi connectivity index (χ3n) is 2.01. The maximum atomic E-state index is 10.6. The lowest BCUT2D eigenvalue weighted by Gasteiger charge is -2.10. The number of ether oxygens (including phenoxy) is 1. The molecular formula is C11H16O4S. The van der Waals surface area contributed by atoms with Gasteiger partial charge in [-0.3, -0.25) is 4.55 Å². The molecule has 1 N–H and O–H groups in total. The molecule has 1 aromatic rings. The Morgan fingerprint density at radius 3 is 2.50 bits per heavy atom. The van der Waals surface area contributed by atoms with Crippen molar-refractivity contribution < 1.29 is 17.7 Å². The van der Waals surface area contributed by atoms with E-state index >= 15 is 0 Å². The van der Waals surface area contributed by atoms with Gasteiger partial charge in [-0.15, -0.1) is 0 Å². The number of hydrogen-bond acceptors (Lipinski definition) is 3. The van der Waals surface area contributed by atoms with Crippen molar-refractivity contribution in [3.63, 3.8) is 0 Å². The SMILES string of the molecule is CC(COCc1ccccc1)CS(=O)(=O)O. The van der Waals surface area contributed by atoms with E-state index in [-0.39, 0.29) is 11.7 Å². The molecule has 1 rings (SSSR count). The van der Waals surface area contributed by atoms with E-state index in [0.717, 1.165) is 5.56 Å². The summed E-state index contributed by atoms with van der Waals surface area (Å²) in [6.45, 7) is 2.49. The summed E-state index contributed by atoms with van der Waals surface area (Å²) in [5.74, 6) is -0.472. The summed E-state index contributed by atoms with van der Waals surface area (Å²) in [6.07, 6.45) is 0. The third-order valence-corrected chi connectivity index (χ3v) is 3.00. The van der Waals surface area contributed by atoms with Gasteiger partial charge in [0.2, 0.25) is 0 Å². The molecule has 0 saturated heterocycles. The maximum absolute atomic E-state index is 10.6. The Morgan fingerprint density at radius 1 is 1.31 bits per heavy atom. The zero-order chi connectivity index (χ0) is 12.0. The minimum Gasteiger partial charge on any atom is -0.376 e. The van der Waals surface area contributed by atoms with Gasteiger partial charge < -0.3 is 4.74 Å². The van der Waals surface area contributed by atoms with Gasteiger partial charge in [0.1, 0.15) is 0 Å². The Kier molecular flexibility index (Phi) is 4.92. The molecule has 0 aliphatic carbocycles. The topological polar surface area (TPSA) is 63.6 Å². The first-order chi connectivity index (χ1) is 7.47. The van der Waals surface area contributed by atoms with Crippen LogP contribution in [0, 0.1) is 5.92 Å². The Bertz CT molecular complexity index is 399. The lowest BCUT2D eigenvalue weighted by Crippen LogP contribution is -2.17. The van der Waals surface area contributed by atoms with Crippen LogP contribution in [0.25, 0.3) is 0 Å². The fourth-order valence-corrected chi connectivity index (χ4v) is 2.18. The molecule has 0 saturated carbocycles. The monoisotopic (exact) mass is 244 g/mol. The standard InChI is InChI=1S/C11H16O4S/c1-10(9-16(12,13)14)7-15-8-11-5-3-2-4-6-11/h2-6,10H,7-9H2,1H3,(H,12,13,14). The van der Waals surface area contributed by atoms with Crippen molar-refractivity contribution in [3.8, 4) is 0 Å². The van der Waals surface area contributed by atoms with Gasteiger partial charge in [-0.05, 0) is 11.5 Å². The zero-order valence-electron chi connectivity index (χ0n) is 9.17. The molecule has 0 spiro atoms. The minimum atomic E-state index is -3.90. The molecule has 1 atom stereocenters. The Hall–Kier alpha value is -0.910. The van der Waals surface area contributed by atoms with Gasteiger partial charge in [0.15, 0.2) is 0 Å². The first-order valence-corrected chi connectivity index (χ1v) is 6.65. The highest BCUT2D eigenvalue weighted by molar-refractivity contribution is 7.85. The van der Waals surface area contributed by atoms with Crippen molar-refractivity contribution in [3.05, 3.63) is 35.9 Å². The summed E-state index contributed by atoms with van der Waals surface area (Å²) in [6, 6.07) is 9.63. The van der Waals surface area contributed by atoms with Crippen molar-refractivity contribution in [2.45, 2.75) is 13.5 Å². The van der Waals surface area contributed by atoms with Gasteiger partial charge in [-0.1, -0.05) is 37.3 Å². The van der Waals surface area contributed by atoms with E-state index in [9.17, 15) is 8.42 Å². The van der Waals surface area contributed by atoms with Crippen LogP contribution in [0.4, 0.5) is 0 Å². The van der Waals surface area contributed by atoms with Gasteiger partial charge >= 0.3 is 0 Å². The van der Waals surface area contributed by atoms with Crippen LogP contribution < -0.4 is 0 Å². The average molecular weight is 244 g/mol. The van der Waals surface area contributed by atoms with Crippen LogP contribution in [0.1, 0.15) is 12.5 Å². The van der Waals surface area contributed by atoms with Crippen molar-refractivity contribution in [2.75, 3.05) is 12.4 Å². The Labute approximate surface area is 96.0 Å². The molecule has 1 aromatic carbocycles. The molecule has 0 aliphatic heterocycles. The van der Waals surface area contributed by atoms with Crippen molar-refractivity contribution in [1.29, 1.82) is 0 Å². The molecule has 90 valence electrons. The second-order valence-corrected chi connectivity index (χ2v) is 5.35. The molecule has 1 unspecified atom stereocenters. The minimum absolute atomic E-state index is 0.210. The first kappa shape index (κ1) is 13.2. The quantitative estimate of drug-likeness (QED) is 0.774.